The van der Waals surface area contributed by atoms with Crippen molar-refractivity contribution in [3.05, 3.63) is 58.4 Å². The Morgan fingerprint density at radius 2 is 2.06 bits per heavy atom. The van der Waals surface area contributed by atoms with Crippen LogP contribution in [0.2, 0.25) is 5.02 Å². The van der Waals surface area contributed by atoms with E-state index in [-0.39, 0.29) is 5.97 Å². The van der Waals surface area contributed by atoms with Crippen LogP contribution in [0, 0.1) is 6.57 Å². The van der Waals surface area contributed by atoms with Gasteiger partial charge in [-0.15, -0.1) is 0 Å². The molecule has 0 aliphatic rings. The molecule has 0 aliphatic heterocycles. The smallest absolute Gasteiger partial charge is 0.305 e. The number of aromatic nitrogens is 2. The minimum atomic E-state index is -0.211. The second kappa shape index (κ2) is 11.3. The first-order valence-corrected chi connectivity index (χ1v) is 10.9. The standard InChI is InChI=1S/C24H26ClN5O3/c1-5-33-22(31)7-6-12-30(3)24-28-20-10-9-17(26-2)14-18(20)23(29-24)27-15-16-8-11-21(32-4)19(25)13-16/h8-11,13-14H,5-7,12,15H2,1,3-4H3,(H,27,28,29). The van der Waals surface area contributed by atoms with Gasteiger partial charge in [0.15, 0.2) is 5.69 Å². The van der Waals surface area contributed by atoms with Crippen LogP contribution < -0.4 is 15.0 Å². The minimum absolute atomic E-state index is 0.211. The molecule has 0 amide bonds. The molecule has 0 spiro atoms. The lowest BCUT2D eigenvalue weighted by atomic mass is 10.2. The van der Waals surface area contributed by atoms with Gasteiger partial charge in [-0.2, -0.15) is 4.98 Å². The number of benzene rings is 2. The number of methoxy groups -OCH3 is 1. The minimum Gasteiger partial charge on any atom is -0.495 e. The molecule has 9 heteroatoms. The number of ether oxygens (including phenoxy) is 2. The molecule has 1 N–H and O–H groups in total. The fraction of sp³-hybridized carbons (Fsp3) is 0.333. The van der Waals surface area contributed by atoms with Crippen molar-refractivity contribution >= 4 is 45.9 Å². The molecular weight excluding hydrogens is 442 g/mol. The number of nitrogens with one attached hydrogen (secondary N) is 1. The average molecular weight is 468 g/mol. The van der Waals surface area contributed by atoms with Crippen molar-refractivity contribution in [2.24, 2.45) is 0 Å². The van der Waals surface area contributed by atoms with Gasteiger partial charge in [0.2, 0.25) is 5.95 Å². The Balaban J connectivity index is 1.84. The van der Waals surface area contributed by atoms with Gasteiger partial charge >= 0.3 is 5.97 Å². The first-order valence-electron chi connectivity index (χ1n) is 10.6. The number of hydrogen-bond acceptors (Lipinski definition) is 7. The maximum absolute atomic E-state index is 11.6. The number of rotatable bonds is 10. The van der Waals surface area contributed by atoms with Crippen LogP contribution in [-0.2, 0) is 16.1 Å². The number of esters is 1. The van der Waals surface area contributed by atoms with E-state index in [0.29, 0.717) is 60.8 Å². The van der Waals surface area contributed by atoms with E-state index >= 15 is 0 Å². The molecule has 0 aliphatic carbocycles. The number of anilines is 2. The predicted octanol–water partition coefficient (Wildman–Crippen LogP) is 5.23. The van der Waals surface area contributed by atoms with Crippen molar-refractivity contribution < 1.29 is 14.3 Å². The molecule has 3 rings (SSSR count). The number of halogens is 1. The molecule has 0 atom stereocenters. The Morgan fingerprint density at radius 3 is 2.76 bits per heavy atom. The third-order valence-corrected chi connectivity index (χ3v) is 5.29. The summed E-state index contributed by atoms with van der Waals surface area (Å²) >= 11 is 6.25. The normalized spacial score (nSPS) is 10.5. The van der Waals surface area contributed by atoms with Crippen LogP contribution >= 0.6 is 11.6 Å². The molecule has 1 heterocycles. The van der Waals surface area contributed by atoms with Crippen molar-refractivity contribution in [2.45, 2.75) is 26.3 Å². The maximum Gasteiger partial charge on any atom is 0.305 e. The molecule has 1 aromatic heterocycles. The van der Waals surface area contributed by atoms with E-state index in [0.717, 1.165) is 16.5 Å². The first kappa shape index (κ1) is 24.1. The van der Waals surface area contributed by atoms with Crippen LogP contribution in [0.5, 0.6) is 5.75 Å². The third-order valence-electron chi connectivity index (χ3n) is 4.99. The molecule has 3 aromatic rings. The number of carbonyl (C=O) groups excluding carboxylic acids is 1. The lowest BCUT2D eigenvalue weighted by Gasteiger charge is -2.19. The largest absolute Gasteiger partial charge is 0.495 e. The Hall–Kier alpha value is -3.57. The number of carbonyl (C=O) groups is 1. The summed E-state index contributed by atoms with van der Waals surface area (Å²) in [5, 5.41) is 4.64. The zero-order chi connectivity index (χ0) is 23.8. The van der Waals surface area contributed by atoms with Crippen molar-refractivity contribution in [1.29, 1.82) is 0 Å². The van der Waals surface area contributed by atoms with E-state index in [2.05, 4.69) is 15.1 Å². The van der Waals surface area contributed by atoms with Gasteiger partial charge in [-0.1, -0.05) is 23.7 Å². The number of fused-ring (bicyclic) bond motifs is 1. The van der Waals surface area contributed by atoms with Crippen LogP contribution in [0.1, 0.15) is 25.3 Å². The van der Waals surface area contributed by atoms with Gasteiger partial charge in [-0.3, -0.25) is 4.79 Å². The Labute approximate surface area is 198 Å². The van der Waals surface area contributed by atoms with Gasteiger partial charge < -0.3 is 19.7 Å². The second-order valence-corrected chi connectivity index (χ2v) is 7.75. The fourth-order valence-electron chi connectivity index (χ4n) is 3.28. The van der Waals surface area contributed by atoms with Gasteiger partial charge in [0.25, 0.3) is 0 Å². The highest BCUT2D eigenvalue weighted by Gasteiger charge is 2.13. The molecule has 0 unspecified atom stereocenters. The summed E-state index contributed by atoms with van der Waals surface area (Å²) in [6, 6.07) is 10.9. The topological polar surface area (TPSA) is 80.9 Å². The lowest BCUT2D eigenvalue weighted by molar-refractivity contribution is -0.143. The van der Waals surface area contributed by atoms with Crippen LogP contribution in [0.4, 0.5) is 17.5 Å². The van der Waals surface area contributed by atoms with E-state index in [9.17, 15) is 4.79 Å². The summed E-state index contributed by atoms with van der Waals surface area (Å²) in [5.41, 5.74) is 2.19. The molecule has 0 saturated carbocycles. The van der Waals surface area contributed by atoms with Crippen LogP contribution in [-0.4, -0.2) is 43.2 Å². The van der Waals surface area contributed by atoms with Crippen LogP contribution in [0.15, 0.2) is 36.4 Å². The van der Waals surface area contributed by atoms with E-state index in [4.69, 9.17) is 32.6 Å². The molecular formula is C24H26ClN5O3. The van der Waals surface area contributed by atoms with Gasteiger partial charge in [-0.05, 0) is 43.2 Å². The molecule has 8 nitrogen and oxygen atoms in total. The van der Waals surface area contributed by atoms with Crippen molar-refractivity contribution in [3.8, 4) is 5.75 Å². The summed E-state index contributed by atoms with van der Waals surface area (Å²) in [6.07, 6.45) is 0.962. The third kappa shape index (κ3) is 6.24. The van der Waals surface area contributed by atoms with Gasteiger partial charge in [0.05, 0.1) is 30.8 Å². The van der Waals surface area contributed by atoms with Gasteiger partial charge in [0.1, 0.15) is 11.6 Å². The highest BCUT2D eigenvalue weighted by Crippen LogP contribution is 2.29. The van der Waals surface area contributed by atoms with Crippen LogP contribution in [0.25, 0.3) is 15.7 Å². The van der Waals surface area contributed by atoms with Crippen LogP contribution in [0.3, 0.4) is 0 Å². The van der Waals surface area contributed by atoms with Crippen molar-refractivity contribution in [2.75, 3.05) is 37.5 Å². The summed E-state index contributed by atoms with van der Waals surface area (Å²) in [5.74, 6) is 1.54. The number of nitrogens with zero attached hydrogens (tertiary/aromatic N) is 4. The van der Waals surface area contributed by atoms with Gasteiger partial charge in [-0.25, -0.2) is 9.83 Å². The zero-order valence-corrected chi connectivity index (χ0v) is 19.6. The molecule has 2 aromatic carbocycles. The molecule has 0 bridgehead atoms. The Morgan fingerprint density at radius 1 is 1.24 bits per heavy atom. The molecule has 172 valence electrons. The predicted molar refractivity (Wildman–Crippen MR) is 130 cm³/mol. The quantitative estimate of drug-likeness (QED) is 0.323. The summed E-state index contributed by atoms with van der Waals surface area (Å²) < 4.78 is 10.2. The summed E-state index contributed by atoms with van der Waals surface area (Å²) in [4.78, 5) is 26.4. The van der Waals surface area contributed by atoms with E-state index in [1.165, 1.54) is 0 Å². The zero-order valence-electron chi connectivity index (χ0n) is 18.9. The number of hydrogen-bond donors (Lipinski definition) is 1. The maximum atomic E-state index is 11.6. The lowest BCUT2D eigenvalue weighted by Crippen LogP contribution is -2.22. The molecule has 0 saturated heterocycles. The van der Waals surface area contributed by atoms with E-state index < -0.39 is 0 Å². The van der Waals surface area contributed by atoms with E-state index in [1.54, 1.807) is 26.2 Å². The highest BCUT2D eigenvalue weighted by atomic mass is 35.5. The average Bonchev–Trinajstić information content (AvgIpc) is 2.82. The second-order valence-electron chi connectivity index (χ2n) is 7.34. The highest BCUT2D eigenvalue weighted by molar-refractivity contribution is 6.32. The summed E-state index contributed by atoms with van der Waals surface area (Å²) in [7, 11) is 3.46. The van der Waals surface area contributed by atoms with Gasteiger partial charge in [0, 0.05) is 31.9 Å². The fourth-order valence-corrected chi connectivity index (χ4v) is 3.56. The molecule has 0 radical (unpaired) electrons. The van der Waals surface area contributed by atoms with Crippen molar-refractivity contribution in [1.82, 2.24) is 9.97 Å². The Kier molecular flexibility index (Phi) is 8.28. The monoisotopic (exact) mass is 467 g/mol. The van der Waals surface area contributed by atoms with E-state index in [1.807, 2.05) is 36.2 Å². The molecule has 33 heavy (non-hydrogen) atoms. The summed E-state index contributed by atoms with van der Waals surface area (Å²) in [6.45, 7) is 10.6. The van der Waals surface area contributed by atoms with Crippen molar-refractivity contribution in [3.63, 3.8) is 0 Å². The SMILES string of the molecule is [C-]#[N+]c1ccc2nc(N(C)CCCC(=O)OCC)nc(NCc3ccc(OC)c(Cl)c3)c2c1. The first-order chi connectivity index (χ1) is 15.9. The Bertz CT molecular complexity index is 1180. The molecule has 0 fully saturated rings.